The van der Waals surface area contributed by atoms with Crippen LogP contribution in [0.15, 0.2) is 12.4 Å². The SMILES string of the molecule is Cc1cnc(N2CCC(C)C2CCl)nc1. The number of nitrogens with zero attached hydrogens (tertiary/aromatic N) is 3. The number of aryl methyl sites for hydroxylation is 1. The second-order valence-corrected chi connectivity index (χ2v) is 4.55. The van der Waals surface area contributed by atoms with Gasteiger partial charge in [0.1, 0.15) is 0 Å². The van der Waals surface area contributed by atoms with Crippen LogP contribution >= 0.6 is 11.6 Å². The van der Waals surface area contributed by atoms with Crippen LogP contribution < -0.4 is 4.90 Å². The van der Waals surface area contributed by atoms with Crippen molar-refractivity contribution in [2.45, 2.75) is 26.3 Å². The summed E-state index contributed by atoms with van der Waals surface area (Å²) in [5.74, 6) is 2.10. The summed E-state index contributed by atoms with van der Waals surface area (Å²) in [6.45, 7) is 5.25. The molecule has 0 radical (unpaired) electrons. The zero-order valence-electron chi connectivity index (χ0n) is 9.15. The number of rotatable bonds is 2. The molecule has 0 spiro atoms. The Labute approximate surface area is 95.5 Å². The summed E-state index contributed by atoms with van der Waals surface area (Å²) in [6, 6.07) is 0.384. The molecule has 1 fully saturated rings. The number of anilines is 1. The molecule has 0 bridgehead atoms. The predicted octanol–water partition coefficient (Wildman–Crippen LogP) is 2.24. The molecule has 2 rings (SSSR count). The highest BCUT2D eigenvalue weighted by atomic mass is 35.5. The lowest BCUT2D eigenvalue weighted by atomic mass is 10.1. The Kier molecular flexibility index (Phi) is 3.10. The van der Waals surface area contributed by atoms with Crippen molar-refractivity contribution in [1.29, 1.82) is 0 Å². The van der Waals surface area contributed by atoms with Crippen molar-refractivity contribution in [3.63, 3.8) is 0 Å². The minimum Gasteiger partial charge on any atom is -0.336 e. The fourth-order valence-corrected chi connectivity index (χ4v) is 2.50. The number of hydrogen-bond acceptors (Lipinski definition) is 3. The molecule has 0 aliphatic carbocycles. The number of aromatic nitrogens is 2. The van der Waals surface area contributed by atoms with E-state index in [0.717, 1.165) is 18.1 Å². The highest BCUT2D eigenvalue weighted by molar-refractivity contribution is 6.18. The van der Waals surface area contributed by atoms with Crippen molar-refractivity contribution in [2.24, 2.45) is 5.92 Å². The van der Waals surface area contributed by atoms with Crippen molar-refractivity contribution in [2.75, 3.05) is 17.3 Å². The molecule has 82 valence electrons. The average Bonchev–Trinajstić information content (AvgIpc) is 2.61. The molecular weight excluding hydrogens is 210 g/mol. The van der Waals surface area contributed by atoms with Gasteiger partial charge >= 0.3 is 0 Å². The third kappa shape index (κ3) is 2.07. The molecule has 1 saturated heterocycles. The highest BCUT2D eigenvalue weighted by Gasteiger charge is 2.31. The molecule has 2 heterocycles. The van der Waals surface area contributed by atoms with E-state index in [1.807, 2.05) is 19.3 Å². The normalized spacial score (nSPS) is 25.9. The molecule has 4 heteroatoms. The van der Waals surface area contributed by atoms with Crippen LogP contribution in [0.5, 0.6) is 0 Å². The van der Waals surface area contributed by atoms with Gasteiger partial charge in [-0.25, -0.2) is 9.97 Å². The summed E-state index contributed by atoms with van der Waals surface area (Å²) in [6.07, 6.45) is 4.89. The lowest BCUT2D eigenvalue weighted by Crippen LogP contribution is -2.34. The van der Waals surface area contributed by atoms with Crippen LogP contribution in [0.25, 0.3) is 0 Å². The minimum absolute atomic E-state index is 0.384. The van der Waals surface area contributed by atoms with Crippen molar-refractivity contribution in [3.8, 4) is 0 Å². The van der Waals surface area contributed by atoms with Gasteiger partial charge in [-0.05, 0) is 24.8 Å². The van der Waals surface area contributed by atoms with Crippen molar-refractivity contribution in [1.82, 2.24) is 9.97 Å². The Morgan fingerprint density at radius 1 is 1.47 bits per heavy atom. The van der Waals surface area contributed by atoms with E-state index in [1.54, 1.807) is 0 Å². The lowest BCUT2D eigenvalue weighted by Gasteiger charge is -2.24. The molecular formula is C11H16ClN3. The first-order valence-electron chi connectivity index (χ1n) is 5.33. The lowest BCUT2D eigenvalue weighted by molar-refractivity contribution is 0.546. The average molecular weight is 226 g/mol. The van der Waals surface area contributed by atoms with E-state index in [9.17, 15) is 0 Å². The topological polar surface area (TPSA) is 29.0 Å². The maximum Gasteiger partial charge on any atom is 0.225 e. The third-order valence-electron chi connectivity index (χ3n) is 3.06. The molecule has 1 aromatic heterocycles. The van der Waals surface area contributed by atoms with Gasteiger partial charge in [0, 0.05) is 30.9 Å². The Balaban J connectivity index is 2.20. The van der Waals surface area contributed by atoms with Gasteiger partial charge in [0.15, 0.2) is 0 Å². The van der Waals surface area contributed by atoms with E-state index in [4.69, 9.17) is 11.6 Å². The maximum absolute atomic E-state index is 5.98. The van der Waals surface area contributed by atoms with Gasteiger partial charge in [-0.2, -0.15) is 0 Å². The molecule has 0 aromatic carbocycles. The van der Waals surface area contributed by atoms with Gasteiger partial charge in [0.2, 0.25) is 5.95 Å². The van der Waals surface area contributed by atoms with Crippen LogP contribution in [0.2, 0.25) is 0 Å². The molecule has 15 heavy (non-hydrogen) atoms. The van der Waals surface area contributed by atoms with Gasteiger partial charge in [-0.15, -0.1) is 11.6 Å². The standard InChI is InChI=1S/C11H16ClN3/c1-8-6-13-11(14-7-8)15-4-3-9(2)10(15)5-12/h6-7,9-10H,3-5H2,1-2H3. The number of halogens is 1. The summed E-state index contributed by atoms with van der Waals surface area (Å²) in [4.78, 5) is 10.9. The fraction of sp³-hybridized carbons (Fsp3) is 0.636. The molecule has 3 nitrogen and oxygen atoms in total. The highest BCUT2D eigenvalue weighted by Crippen LogP contribution is 2.27. The molecule has 0 saturated carbocycles. The second-order valence-electron chi connectivity index (χ2n) is 4.24. The summed E-state index contributed by atoms with van der Waals surface area (Å²) in [5, 5.41) is 0. The molecule has 0 amide bonds. The van der Waals surface area contributed by atoms with Crippen LogP contribution in [0.1, 0.15) is 18.9 Å². The summed E-state index contributed by atoms with van der Waals surface area (Å²) in [5.41, 5.74) is 1.09. The van der Waals surface area contributed by atoms with Crippen molar-refractivity contribution >= 4 is 17.5 Å². The molecule has 0 N–H and O–H groups in total. The van der Waals surface area contributed by atoms with Crippen LogP contribution in [0.3, 0.4) is 0 Å². The first-order valence-corrected chi connectivity index (χ1v) is 5.87. The van der Waals surface area contributed by atoms with Crippen LogP contribution in [-0.4, -0.2) is 28.4 Å². The zero-order chi connectivity index (χ0) is 10.8. The minimum atomic E-state index is 0.384. The van der Waals surface area contributed by atoms with E-state index >= 15 is 0 Å². The third-order valence-corrected chi connectivity index (χ3v) is 3.38. The van der Waals surface area contributed by atoms with E-state index in [-0.39, 0.29) is 0 Å². The Bertz CT molecular complexity index is 325. The first-order chi connectivity index (χ1) is 7.22. The van der Waals surface area contributed by atoms with Crippen molar-refractivity contribution < 1.29 is 0 Å². The van der Waals surface area contributed by atoms with Gasteiger partial charge in [0.05, 0.1) is 0 Å². The maximum atomic E-state index is 5.98. The van der Waals surface area contributed by atoms with Gasteiger partial charge in [0.25, 0.3) is 0 Å². The molecule has 1 aromatic rings. The van der Waals surface area contributed by atoms with Gasteiger partial charge in [-0.3, -0.25) is 0 Å². The predicted molar refractivity (Wildman–Crippen MR) is 62.4 cm³/mol. The van der Waals surface area contributed by atoms with Crippen LogP contribution in [-0.2, 0) is 0 Å². The summed E-state index contributed by atoms with van der Waals surface area (Å²) < 4.78 is 0. The van der Waals surface area contributed by atoms with Crippen LogP contribution in [0, 0.1) is 12.8 Å². The van der Waals surface area contributed by atoms with Crippen molar-refractivity contribution in [3.05, 3.63) is 18.0 Å². The quantitative estimate of drug-likeness (QED) is 0.723. The van der Waals surface area contributed by atoms with E-state index in [0.29, 0.717) is 17.8 Å². The van der Waals surface area contributed by atoms with Gasteiger partial charge in [-0.1, -0.05) is 6.92 Å². The molecule has 1 aliphatic rings. The smallest absolute Gasteiger partial charge is 0.225 e. The van der Waals surface area contributed by atoms with E-state index < -0.39 is 0 Å². The monoisotopic (exact) mass is 225 g/mol. The van der Waals surface area contributed by atoms with Crippen LogP contribution in [0.4, 0.5) is 5.95 Å². The second kappa shape index (κ2) is 4.35. The van der Waals surface area contributed by atoms with E-state index in [1.165, 1.54) is 6.42 Å². The Hall–Kier alpha value is -0.830. The fourth-order valence-electron chi connectivity index (χ4n) is 2.03. The zero-order valence-corrected chi connectivity index (χ0v) is 9.91. The largest absolute Gasteiger partial charge is 0.336 e. The molecule has 1 aliphatic heterocycles. The Morgan fingerprint density at radius 2 is 2.13 bits per heavy atom. The van der Waals surface area contributed by atoms with Gasteiger partial charge < -0.3 is 4.90 Å². The number of alkyl halides is 1. The molecule has 2 unspecified atom stereocenters. The first kappa shape index (κ1) is 10.7. The number of hydrogen-bond donors (Lipinski definition) is 0. The Morgan fingerprint density at radius 3 is 2.73 bits per heavy atom. The van der Waals surface area contributed by atoms with E-state index in [2.05, 4.69) is 21.8 Å². The summed E-state index contributed by atoms with van der Waals surface area (Å²) >= 11 is 5.98. The summed E-state index contributed by atoms with van der Waals surface area (Å²) in [7, 11) is 0. The molecule has 2 atom stereocenters.